The van der Waals surface area contributed by atoms with Crippen LogP contribution in [0.5, 0.6) is 0 Å². The van der Waals surface area contributed by atoms with E-state index in [2.05, 4.69) is 34.5 Å². The highest BCUT2D eigenvalue weighted by molar-refractivity contribution is 7.13. The first kappa shape index (κ1) is 26.9. The van der Waals surface area contributed by atoms with Crippen LogP contribution in [-0.2, 0) is 11.3 Å². The van der Waals surface area contributed by atoms with Crippen molar-refractivity contribution in [3.63, 3.8) is 0 Å². The molecular formula is C29H36N4O3S. The maximum absolute atomic E-state index is 13.2. The standard InChI is InChI=1S/C29H36N4O3S/c1-29(2,3)36-28(35)31-24-13-12-22(26-7-6-16-37-26)17-25(24)30-27(34)21-10-8-20(9-11-21)18-33-15-14-23(19-33)32(4)5/h6-13,16-17,23H,14-15,18-19H2,1-5H3,(H,30,34)(H,31,35). The Morgan fingerprint density at radius 2 is 1.81 bits per heavy atom. The van der Waals surface area contributed by atoms with Crippen molar-refractivity contribution in [3.05, 3.63) is 71.1 Å². The van der Waals surface area contributed by atoms with Crippen LogP contribution in [0.2, 0.25) is 0 Å². The van der Waals surface area contributed by atoms with Gasteiger partial charge < -0.3 is 15.0 Å². The zero-order chi connectivity index (χ0) is 26.6. The number of rotatable bonds is 7. The predicted octanol–water partition coefficient (Wildman–Crippen LogP) is 6.15. The molecule has 0 aliphatic carbocycles. The summed E-state index contributed by atoms with van der Waals surface area (Å²) in [6, 6.07) is 17.9. The molecule has 4 rings (SSSR count). The Morgan fingerprint density at radius 1 is 1.05 bits per heavy atom. The minimum absolute atomic E-state index is 0.240. The lowest BCUT2D eigenvalue weighted by molar-refractivity contribution is 0.0635. The highest BCUT2D eigenvalue weighted by atomic mass is 32.1. The normalized spacial score (nSPS) is 16.1. The van der Waals surface area contributed by atoms with E-state index in [0.717, 1.165) is 30.1 Å². The van der Waals surface area contributed by atoms with Gasteiger partial charge in [0.25, 0.3) is 5.91 Å². The highest BCUT2D eigenvalue weighted by Crippen LogP contribution is 2.32. The number of nitrogens with zero attached hydrogens (tertiary/aromatic N) is 2. The molecule has 1 aliphatic rings. The Hall–Kier alpha value is -3.20. The molecule has 2 amide bonds. The van der Waals surface area contributed by atoms with Gasteiger partial charge in [-0.2, -0.15) is 0 Å². The number of ether oxygens (including phenoxy) is 1. The SMILES string of the molecule is CN(C)C1CCN(Cc2ccc(C(=O)Nc3cc(-c4cccs4)ccc3NC(=O)OC(C)(C)C)cc2)C1. The first-order chi connectivity index (χ1) is 17.6. The molecule has 1 unspecified atom stereocenters. The van der Waals surface area contributed by atoms with Gasteiger partial charge in [0.05, 0.1) is 11.4 Å². The van der Waals surface area contributed by atoms with E-state index in [1.165, 1.54) is 12.0 Å². The summed E-state index contributed by atoms with van der Waals surface area (Å²) in [4.78, 5) is 31.4. The van der Waals surface area contributed by atoms with Crippen molar-refractivity contribution >= 4 is 34.7 Å². The summed E-state index contributed by atoms with van der Waals surface area (Å²) >= 11 is 1.61. The van der Waals surface area contributed by atoms with Gasteiger partial charge in [-0.05, 0) is 88.1 Å². The van der Waals surface area contributed by atoms with Crippen molar-refractivity contribution in [2.24, 2.45) is 0 Å². The van der Waals surface area contributed by atoms with E-state index >= 15 is 0 Å². The molecule has 196 valence electrons. The van der Waals surface area contributed by atoms with Gasteiger partial charge >= 0.3 is 6.09 Å². The van der Waals surface area contributed by atoms with Crippen LogP contribution < -0.4 is 10.6 Å². The third-order valence-corrected chi connectivity index (χ3v) is 7.23. The Morgan fingerprint density at radius 3 is 2.43 bits per heavy atom. The molecule has 1 fully saturated rings. The second kappa shape index (κ2) is 11.5. The lowest BCUT2D eigenvalue weighted by Gasteiger charge is -2.21. The molecule has 0 radical (unpaired) electrons. The third kappa shape index (κ3) is 7.41. The fourth-order valence-electron chi connectivity index (χ4n) is 4.36. The molecule has 0 saturated carbocycles. The zero-order valence-corrected chi connectivity index (χ0v) is 23.0. The molecule has 2 aromatic carbocycles. The van der Waals surface area contributed by atoms with E-state index in [4.69, 9.17) is 4.74 Å². The molecule has 1 saturated heterocycles. The molecule has 0 spiro atoms. The number of likely N-dealkylation sites (N-methyl/N-ethyl adjacent to an activating group) is 1. The van der Waals surface area contributed by atoms with Crippen LogP contribution in [0.25, 0.3) is 10.4 Å². The minimum atomic E-state index is -0.630. The van der Waals surface area contributed by atoms with E-state index < -0.39 is 11.7 Å². The van der Waals surface area contributed by atoms with Crippen LogP contribution in [0.15, 0.2) is 60.0 Å². The number of hydrogen-bond acceptors (Lipinski definition) is 6. The van der Waals surface area contributed by atoms with E-state index in [0.29, 0.717) is 23.0 Å². The van der Waals surface area contributed by atoms with Crippen molar-refractivity contribution in [3.8, 4) is 10.4 Å². The van der Waals surface area contributed by atoms with Gasteiger partial charge in [-0.1, -0.05) is 24.3 Å². The fraction of sp³-hybridized carbons (Fsp3) is 0.379. The number of likely N-dealkylation sites (tertiary alicyclic amines) is 1. The van der Waals surface area contributed by atoms with Gasteiger partial charge in [0.15, 0.2) is 0 Å². The number of benzene rings is 2. The van der Waals surface area contributed by atoms with Crippen molar-refractivity contribution in [1.29, 1.82) is 0 Å². The molecule has 7 nitrogen and oxygen atoms in total. The maximum atomic E-state index is 13.2. The minimum Gasteiger partial charge on any atom is -0.444 e. The largest absolute Gasteiger partial charge is 0.444 e. The lowest BCUT2D eigenvalue weighted by Crippen LogP contribution is -2.31. The van der Waals surface area contributed by atoms with E-state index in [1.807, 2.05) is 74.7 Å². The van der Waals surface area contributed by atoms with Gasteiger partial charge in [0.1, 0.15) is 5.60 Å². The first-order valence-electron chi connectivity index (χ1n) is 12.5. The molecule has 1 aromatic heterocycles. The number of hydrogen-bond donors (Lipinski definition) is 2. The van der Waals surface area contributed by atoms with Crippen molar-refractivity contribution < 1.29 is 14.3 Å². The van der Waals surface area contributed by atoms with Crippen LogP contribution in [0.1, 0.15) is 43.1 Å². The third-order valence-electron chi connectivity index (χ3n) is 6.31. The number of nitrogens with one attached hydrogen (secondary N) is 2. The second-order valence-electron chi connectivity index (χ2n) is 10.7. The summed E-state index contributed by atoms with van der Waals surface area (Å²) < 4.78 is 5.41. The van der Waals surface area contributed by atoms with E-state index in [1.54, 1.807) is 17.4 Å². The number of carbonyl (C=O) groups is 2. The van der Waals surface area contributed by atoms with Crippen molar-refractivity contribution in [2.75, 3.05) is 37.8 Å². The molecule has 8 heteroatoms. The molecule has 2 heterocycles. The molecular weight excluding hydrogens is 484 g/mol. The van der Waals surface area contributed by atoms with Gasteiger partial charge in [-0.3, -0.25) is 15.0 Å². The fourth-order valence-corrected chi connectivity index (χ4v) is 5.08. The van der Waals surface area contributed by atoms with E-state index in [-0.39, 0.29) is 5.91 Å². The highest BCUT2D eigenvalue weighted by Gasteiger charge is 2.24. The Balaban J connectivity index is 1.48. The summed E-state index contributed by atoms with van der Waals surface area (Å²) in [7, 11) is 4.26. The van der Waals surface area contributed by atoms with E-state index in [9.17, 15) is 9.59 Å². The molecule has 1 atom stereocenters. The summed E-state index contributed by atoms with van der Waals surface area (Å²) in [5, 5.41) is 7.77. The molecule has 0 bridgehead atoms. The van der Waals surface area contributed by atoms with Gasteiger partial charge in [0, 0.05) is 36.1 Å². The smallest absolute Gasteiger partial charge is 0.412 e. The molecule has 2 N–H and O–H groups in total. The van der Waals surface area contributed by atoms with Gasteiger partial charge in [0.2, 0.25) is 0 Å². The van der Waals surface area contributed by atoms with Crippen molar-refractivity contribution in [2.45, 2.75) is 45.4 Å². The van der Waals surface area contributed by atoms with Crippen molar-refractivity contribution in [1.82, 2.24) is 9.80 Å². The predicted molar refractivity (Wildman–Crippen MR) is 151 cm³/mol. The first-order valence-corrected chi connectivity index (χ1v) is 13.4. The molecule has 1 aliphatic heterocycles. The number of anilines is 2. The average molecular weight is 521 g/mol. The van der Waals surface area contributed by atoms with Crippen LogP contribution in [0.4, 0.5) is 16.2 Å². The Kier molecular flexibility index (Phi) is 8.32. The quantitative estimate of drug-likeness (QED) is 0.391. The average Bonchev–Trinajstić information content (AvgIpc) is 3.52. The number of thiophene rings is 1. The Bertz CT molecular complexity index is 1220. The lowest BCUT2D eigenvalue weighted by atomic mass is 10.1. The zero-order valence-electron chi connectivity index (χ0n) is 22.2. The van der Waals surface area contributed by atoms with Crippen LogP contribution in [0.3, 0.4) is 0 Å². The maximum Gasteiger partial charge on any atom is 0.412 e. The number of amides is 2. The summed E-state index contributed by atoms with van der Waals surface area (Å²) in [5.74, 6) is -0.240. The van der Waals surface area contributed by atoms with Crippen LogP contribution >= 0.6 is 11.3 Å². The Labute approximate surface area is 223 Å². The summed E-state index contributed by atoms with van der Waals surface area (Å²) in [6.07, 6.45) is 0.604. The molecule has 3 aromatic rings. The van der Waals surface area contributed by atoms with Crippen LogP contribution in [0, 0.1) is 0 Å². The second-order valence-corrected chi connectivity index (χ2v) is 11.6. The topological polar surface area (TPSA) is 73.9 Å². The van der Waals surface area contributed by atoms with Crippen LogP contribution in [-0.4, -0.2) is 60.6 Å². The molecule has 37 heavy (non-hydrogen) atoms. The number of carbonyl (C=O) groups excluding carboxylic acids is 2. The summed E-state index contributed by atoms with van der Waals surface area (Å²) in [5.41, 5.74) is 3.05. The van der Waals surface area contributed by atoms with Gasteiger partial charge in [-0.25, -0.2) is 4.79 Å². The van der Waals surface area contributed by atoms with Gasteiger partial charge in [-0.15, -0.1) is 11.3 Å². The summed E-state index contributed by atoms with van der Waals surface area (Å²) in [6.45, 7) is 8.44. The monoisotopic (exact) mass is 520 g/mol.